The van der Waals surface area contributed by atoms with Crippen LogP contribution in [0.3, 0.4) is 0 Å². The first-order valence-corrected chi connectivity index (χ1v) is 8.60. The van der Waals surface area contributed by atoms with Crippen LogP contribution < -0.4 is 10.7 Å². The molecule has 23 heavy (non-hydrogen) atoms. The third kappa shape index (κ3) is 1.74. The normalized spacial score (nSPS) is 15.5. The number of hydrogen-bond acceptors (Lipinski definition) is 2. The van der Waals surface area contributed by atoms with Gasteiger partial charge in [0.1, 0.15) is 10.7 Å². The van der Waals surface area contributed by atoms with Gasteiger partial charge in [0, 0.05) is 10.8 Å². The van der Waals surface area contributed by atoms with Crippen molar-refractivity contribution >= 4 is 42.5 Å². The van der Waals surface area contributed by atoms with Crippen molar-refractivity contribution in [2.24, 2.45) is 8.80 Å². The number of nitrogens with zero attached hydrogens (tertiary/aromatic N) is 2. The molecule has 0 aromatic heterocycles. The summed E-state index contributed by atoms with van der Waals surface area (Å²) in [6.07, 6.45) is 0. The van der Waals surface area contributed by atoms with Crippen LogP contribution in [-0.2, 0) is 10.2 Å². The van der Waals surface area contributed by atoms with Crippen molar-refractivity contribution in [1.82, 2.24) is 0 Å². The molecule has 0 radical (unpaired) electrons. The van der Waals surface area contributed by atoms with Gasteiger partial charge in [0.25, 0.3) is 0 Å². The van der Waals surface area contributed by atoms with Crippen molar-refractivity contribution in [3.05, 3.63) is 71.4 Å². The van der Waals surface area contributed by atoms with Gasteiger partial charge in [-0.1, -0.05) is 48.5 Å². The smallest absolute Gasteiger partial charge is 0.179 e. The van der Waals surface area contributed by atoms with Crippen LogP contribution in [0.2, 0.25) is 0 Å². The predicted octanol–water partition coefficient (Wildman–Crippen LogP) is 2.64. The van der Waals surface area contributed by atoms with E-state index in [2.05, 4.69) is 20.9 Å². The molecule has 1 aliphatic heterocycles. The molecule has 5 heteroatoms. The number of rotatable bonds is 0. The first-order chi connectivity index (χ1) is 11.1. The highest BCUT2D eigenvalue weighted by atomic mass is 32.2. The van der Waals surface area contributed by atoms with Crippen LogP contribution >= 0.6 is 0 Å². The number of hydrogen-bond donors (Lipinski definition) is 0. The van der Waals surface area contributed by atoms with Crippen LogP contribution in [0.15, 0.2) is 69.5 Å². The molecule has 4 aromatic carbocycles. The molecule has 4 aromatic rings. The molecule has 0 unspecified atom stereocenters. The lowest BCUT2D eigenvalue weighted by atomic mass is 9.97. The van der Waals surface area contributed by atoms with E-state index in [9.17, 15) is 8.42 Å². The fraction of sp³-hybridized carbons (Fsp3) is 0. The van der Waals surface area contributed by atoms with Crippen LogP contribution in [0.4, 0.5) is 0 Å². The van der Waals surface area contributed by atoms with E-state index in [4.69, 9.17) is 0 Å². The Balaban J connectivity index is 2.21. The molecule has 0 aliphatic carbocycles. The van der Waals surface area contributed by atoms with Crippen LogP contribution in [0.1, 0.15) is 0 Å². The minimum Gasteiger partial charge on any atom is -0.179 e. The van der Waals surface area contributed by atoms with Crippen molar-refractivity contribution in [2.75, 3.05) is 0 Å². The molecule has 0 fully saturated rings. The zero-order chi connectivity index (χ0) is 15.6. The Morgan fingerprint density at radius 1 is 0.609 bits per heavy atom. The summed E-state index contributed by atoms with van der Waals surface area (Å²) in [4.78, 5) is 0. The first-order valence-electron chi connectivity index (χ1n) is 7.21. The molecule has 0 atom stereocenters. The summed E-state index contributed by atoms with van der Waals surface area (Å²) in [6.45, 7) is 0. The van der Waals surface area contributed by atoms with Gasteiger partial charge in [0.2, 0.25) is 0 Å². The van der Waals surface area contributed by atoms with Gasteiger partial charge in [-0.2, -0.15) is 8.42 Å². The van der Waals surface area contributed by atoms with Gasteiger partial charge >= 0.3 is 10.2 Å². The van der Waals surface area contributed by atoms with Crippen LogP contribution in [0.25, 0.3) is 32.3 Å². The Bertz CT molecular complexity index is 1370. The topological polar surface area (TPSA) is 58.9 Å². The Morgan fingerprint density at radius 3 is 1.83 bits per heavy atom. The molecule has 110 valence electrons. The quantitative estimate of drug-likeness (QED) is 0.370. The van der Waals surface area contributed by atoms with E-state index in [0.717, 1.165) is 32.3 Å². The van der Waals surface area contributed by atoms with E-state index in [1.807, 2.05) is 48.5 Å². The Morgan fingerprint density at radius 2 is 1.13 bits per heavy atom. The zero-order valence-electron chi connectivity index (χ0n) is 11.9. The third-order valence-corrected chi connectivity index (χ3v) is 5.08. The maximum Gasteiger partial charge on any atom is 0.364 e. The van der Waals surface area contributed by atoms with Crippen molar-refractivity contribution in [3.63, 3.8) is 0 Å². The molecule has 0 amide bonds. The fourth-order valence-electron chi connectivity index (χ4n) is 3.27. The van der Waals surface area contributed by atoms with E-state index in [0.29, 0.717) is 10.7 Å². The van der Waals surface area contributed by atoms with E-state index in [1.165, 1.54) is 0 Å². The summed E-state index contributed by atoms with van der Waals surface area (Å²) in [7, 11) is -3.79. The highest BCUT2D eigenvalue weighted by Crippen LogP contribution is 2.26. The Hall–Kier alpha value is -2.79. The molecule has 0 bridgehead atoms. The lowest BCUT2D eigenvalue weighted by molar-refractivity contribution is 0.599. The molecule has 5 rings (SSSR count). The van der Waals surface area contributed by atoms with Gasteiger partial charge in [-0.15, -0.1) is 8.80 Å². The van der Waals surface area contributed by atoms with E-state index < -0.39 is 10.2 Å². The monoisotopic (exact) mass is 318 g/mol. The standard InChI is InChI=1S/C18H10N2O2S/c21-23(22)19-17-14-8-4-3-7-13(14)15-9-11-5-1-2-6-12(11)10-16(15)18(17)20-23/h1-10H. The molecular weight excluding hydrogens is 308 g/mol. The van der Waals surface area contributed by atoms with Gasteiger partial charge in [0.05, 0.1) is 0 Å². The predicted molar refractivity (Wildman–Crippen MR) is 90.2 cm³/mol. The average molecular weight is 318 g/mol. The van der Waals surface area contributed by atoms with Gasteiger partial charge in [-0.05, 0) is 33.7 Å². The van der Waals surface area contributed by atoms with Crippen molar-refractivity contribution in [1.29, 1.82) is 0 Å². The Kier molecular flexibility index (Phi) is 2.29. The summed E-state index contributed by atoms with van der Waals surface area (Å²) in [5, 5.41) is 6.68. The van der Waals surface area contributed by atoms with Gasteiger partial charge < -0.3 is 0 Å². The summed E-state index contributed by atoms with van der Waals surface area (Å²) < 4.78 is 31.5. The SMILES string of the molecule is O=S1(=O)N=c2c(c3cc4ccccc4cc3c3ccccc23)=N1. The zero-order valence-corrected chi connectivity index (χ0v) is 12.7. The molecular formula is C18H10N2O2S. The van der Waals surface area contributed by atoms with E-state index in [-0.39, 0.29) is 0 Å². The molecule has 0 N–H and O–H groups in total. The molecule has 4 nitrogen and oxygen atoms in total. The second kappa shape index (κ2) is 4.14. The minimum atomic E-state index is -3.79. The maximum absolute atomic E-state index is 11.9. The second-order valence-corrected chi connectivity index (χ2v) is 6.88. The summed E-state index contributed by atoms with van der Waals surface area (Å²) in [5.74, 6) is 0. The largest absolute Gasteiger partial charge is 0.364 e. The second-order valence-electron chi connectivity index (χ2n) is 5.62. The number of fused-ring (bicyclic) bond motifs is 7. The van der Waals surface area contributed by atoms with Gasteiger partial charge in [-0.3, -0.25) is 0 Å². The fourth-order valence-corrected chi connectivity index (χ4v) is 4.15. The summed E-state index contributed by atoms with van der Waals surface area (Å²) >= 11 is 0. The van der Waals surface area contributed by atoms with E-state index in [1.54, 1.807) is 0 Å². The highest BCUT2D eigenvalue weighted by molar-refractivity contribution is 7.88. The average Bonchev–Trinajstić information content (AvgIpc) is 2.89. The minimum absolute atomic E-state index is 0.448. The molecule has 0 spiro atoms. The summed E-state index contributed by atoms with van der Waals surface area (Å²) in [6, 6.07) is 19.8. The van der Waals surface area contributed by atoms with Crippen LogP contribution in [0, 0.1) is 0 Å². The van der Waals surface area contributed by atoms with Crippen LogP contribution in [0.5, 0.6) is 0 Å². The number of benzene rings is 4. The molecule has 1 heterocycles. The lowest BCUT2D eigenvalue weighted by Crippen LogP contribution is -2.23. The van der Waals surface area contributed by atoms with Crippen molar-refractivity contribution in [2.45, 2.75) is 0 Å². The first kappa shape index (κ1) is 12.7. The van der Waals surface area contributed by atoms with Crippen LogP contribution in [-0.4, -0.2) is 8.42 Å². The summed E-state index contributed by atoms with van der Waals surface area (Å²) in [5.41, 5.74) is 0. The molecule has 0 saturated carbocycles. The van der Waals surface area contributed by atoms with E-state index >= 15 is 0 Å². The lowest BCUT2D eigenvalue weighted by Gasteiger charge is -2.06. The molecule has 0 saturated heterocycles. The van der Waals surface area contributed by atoms with Gasteiger partial charge in [0.15, 0.2) is 0 Å². The van der Waals surface area contributed by atoms with Crippen molar-refractivity contribution < 1.29 is 8.42 Å². The highest BCUT2D eigenvalue weighted by Gasteiger charge is 2.18. The van der Waals surface area contributed by atoms with Gasteiger partial charge in [-0.25, -0.2) is 0 Å². The third-order valence-electron chi connectivity index (χ3n) is 4.25. The Labute approximate surface area is 131 Å². The molecule has 1 aliphatic rings. The van der Waals surface area contributed by atoms with Crippen molar-refractivity contribution in [3.8, 4) is 0 Å². The maximum atomic E-state index is 11.9.